The first kappa shape index (κ1) is 12.8. The lowest BCUT2D eigenvalue weighted by atomic mass is 9.97. The van der Waals surface area contributed by atoms with Crippen molar-refractivity contribution in [1.29, 1.82) is 0 Å². The number of rotatable bonds is 4. The summed E-state index contributed by atoms with van der Waals surface area (Å²) in [5.74, 6) is 0.0257. The topological polar surface area (TPSA) is 46.1 Å². The fraction of sp³-hybridized carbons (Fsp3) is 0.312. The van der Waals surface area contributed by atoms with E-state index < -0.39 is 0 Å². The molecule has 1 aliphatic heterocycles. The van der Waals surface area contributed by atoms with Gasteiger partial charge >= 0.3 is 0 Å². The monoisotopic (exact) mass is 269 g/mol. The number of hydrogen-bond acceptors (Lipinski definition) is 2. The molecule has 2 aromatic rings. The molecule has 2 N–H and O–H groups in total. The van der Waals surface area contributed by atoms with Crippen LogP contribution in [0.25, 0.3) is 0 Å². The number of fused-ring (bicyclic) bond motifs is 1. The minimum absolute atomic E-state index is 0.0257. The van der Waals surface area contributed by atoms with E-state index in [1.807, 2.05) is 42.7 Å². The second-order valence-corrected chi connectivity index (χ2v) is 5.04. The van der Waals surface area contributed by atoms with Crippen LogP contribution in [0.15, 0.2) is 42.7 Å². The van der Waals surface area contributed by atoms with Gasteiger partial charge in [0, 0.05) is 43.3 Å². The average molecular weight is 269 g/mol. The normalized spacial score (nSPS) is 13.4. The summed E-state index contributed by atoms with van der Waals surface area (Å²) in [5, 5.41) is 6.35. The lowest BCUT2D eigenvalue weighted by Gasteiger charge is -2.20. The molecule has 3 rings (SSSR count). The van der Waals surface area contributed by atoms with Crippen LogP contribution in [0.5, 0.6) is 0 Å². The summed E-state index contributed by atoms with van der Waals surface area (Å²) < 4.78 is 2.06. The SMILES string of the molecule is O=C(NCCn1cccc1)c1cccc2c1CCCN2. The van der Waals surface area contributed by atoms with Crippen molar-refractivity contribution in [3.63, 3.8) is 0 Å². The first-order chi connectivity index (χ1) is 9.84. The molecule has 0 saturated carbocycles. The summed E-state index contributed by atoms with van der Waals surface area (Å²) >= 11 is 0. The highest BCUT2D eigenvalue weighted by molar-refractivity contribution is 5.97. The number of anilines is 1. The molecule has 0 spiro atoms. The van der Waals surface area contributed by atoms with Gasteiger partial charge in [-0.15, -0.1) is 0 Å². The molecular weight excluding hydrogens is 250 g/mol. The van der Waals surface area contributed by atoms with E-state index in [2.05, 4.69) is 15.2 Å². The molecule has 0 unspecified atom stereocenters. The van der Waals surface area contributed by atoms with Crippen molar-refractivity contribution in [1.82, 2.24) is 9.88 Å². The molecule has 4 nitrogen and oxygen atoms in total. The number of aromatic nitrogens is 1. The Morgan fingerprint density at radius 3 is 2.95 bits per heavy atom. The van der Waals surface area contributed by atoms with Crippen LogP contribution >= 0.6 is 0 Å². The summed E-state index contributed by atoms with van der Waals surface area (Å²) in [4.78, 5) is 12.3. The second kappa shape index (κ2) is 5.82. The maximum Gasteiger partial charge on any atom is 0.251 e. The van der Waals surface area contributed by atoms with Crippen LogP contribution in [0, 0.1) is 0 Å². The number of carbonyl (C=O) groups is 1. The van der Waals surface area contributed by atoms with E-state index >= 15 is 0 Å². The molecule has 20 heavy (non-hydrogen) atoms. The minimum Gasteiger partial charge on any atom is -0.385 e. The highest BCUT2D eigenvalue weighted by atomic mass is 16.1. The van der Waals surface area contributed by atoms with Crippen molar-refractivity contribution >= 4 is 11.6 Å². The highest BCUT2D eigenvalue weighted by Gasteiger charge is 2.16. The van der Waals surface area contributed by atoms with Crippen molar-refractivity contribution in [2.45, 2.75) is 19.4 Å². The largest absolute Gasteiger partial charge is 0.385 e. The van der Waals surface area contributed by atoms with E-state index in [1.165, 1.54) is 0 Å². The molecule has 2 heterocycles. The number of nitrogens with zero attached hydrogens (tertiary/aromatic N) is 1. The van der Waals surface area contributed by atoms with Crippen LogP contribution in [0.2, 0.25) is 0 Å². The van der Waals surface area contributed by atoms with Gasteiger partial charge in [0.2, 0.25) is 0 Å². The third kappa shape index (κ3) is 2.69. The Hall–Kier alpha value is -2.23. The van der Waals surface area contributed by atoms with Crippen molar-refractivity contribution in [3.05, 3.63) is 53.9 Å². The summed E-state index contributed by atoms with van der Waals surface area (Å²) in [6, 6.07) is 9.88. The molecule has 0 radical (unpaired) electrons. The highest BCUT2D eigenvalue weighted by Crippen LogP contribution is 2.25. The van der Waals surface area contributed by atoms with Gasteiger partial charge in [-0.2, -0.15) is 0 Å². The van der Waals surface area contributed by atoms with Gasteiger partial charge in [-0.1, -0.05) is 6.07 Å². The van der Waals surface area contributed by atoms with E-state index in [9.17, 15) is 4.79 Å². The smallest absolute Gasteiger partial charge is 0.251 e. The van der Waals surface area contributed by atoms with Gasteiger partial charge in [-0.25, -0.2) is 0 Å². The fourth-order valence-electron chi connectivity index (χ4n) is 2.64. The number of amides is 1. The Kier molecular flexibility index (Phi) is 3.72. The van der Waals surface area contributed by atoms with Crippen LogP contribution in [-0.2, 0) is 13.0 Å². The molecule has 104 valence electrons. The molecule has 0 fully saturated rings. The minimum atomic E-state index is 0.0257. The molecule has 1 aliphatic rings. The number of benzene rings is 1. The molecule has 0 atom stereocenters. The van der Waals surface area contributed by atoms with Gasteiger partial charge in [-0.3, -0.25) is 4.79 Å². The first-order valence-corrected chi connectivity index (χ1v) is 7.09. The maximum absolute atomic E-state index is 12.3. The van der Waals surface area contributed by atoms with Crippen molar-refractivity contribution in [2.75, 3.05) is 18.4 Å². The fourth-order valence-corrected chi connectivity index (χ4v) is 2.64. The predicted molar refractivity (Wildman–Crippen MR) is 80.0 cm³/mol. The molecule has 1 aromatic heterocycles. The Balaban J connectivity index is 1.65. The van der Waals surface area contributed by atoms with E-state index in [-0.39, 0.29) is 5.91 Å². The predicted octanol–water partition coefficient (Wildman–Crippen LogP) is 2.28. The van der Waals surface area contributed by atoms with Crippen molar-refractivity contribution in [2.24, 2.45) is 0 Å². The molecule has 4 heteroatoms. The van der Waals surface area contributed by atoms with Crippen molar-refractivity contribution < 1.29 is 4.79 Å². The zero-order chi connectivity index (χ0) is 13.8. The third-order valence-electron chi connectivity index (χ3n) is 3.66. The summed E-state index contributed by atoms with van der Waals surface area (Å²) in [7, 11) is 0. The van der Waals surface area contributed by atoms with Crippen LogP contribution < -0.4 is 10.6 Å². The van der Waals surface area contributed by atoms with Gasteiger partial charge in [-0.05, 0) is 42.7 Å². The van der Waals surface area contributed by atoms with Gasteiger partial charge in [0.25, 0.3) is 5.91 Å². The first-order valence-electron chi connectivity index (χ1n) is 7.09. The zero-order valence-electron chi connectivity index (χ0n) is 11.4. The Labute approximate surface area is 118 Å². The number of nitrogens with one attached hydrogen (secondary N) is 2. The van der Waals surface area contributed by atoms with Crippen LogP contribution in [0.3, 0.4) is 0 Å². The van der Waals surface area contributed by atoms with Gasteiger partial charge < -0.3 is 15.2 Å². The molecule has 1 amide bonds. The van der Waals surface area contributed by atoms with Crippen LogP contribution in [-0.4, -0.2) is 23.6 Å². The molecule has 0 bridgehead atoms. The lowest BCUT2D eigenvalue weighted by molar-refractivity contribution is 0.0951. The molecule has 1 aromatic carbocycles. The van der Waals surface area contributed by atoms with E-state index in [0.29, 0.717) is 6.54 Å². The number of carbonyl (C=O) groups excluding carboxylic acids is 1. The second-order valence-electron chi connectivity index (χ2n) is 5.04. The number of hydrogen-bond donors (Lipinski definition) is 2. The Bertz CT molecular complexity index is 590. The van der Waals surface area contributed by atoms with E-state index in [0.717, 1.165) is 42.7 Å². The molecule has 0 saturated heterocycles. The van der Waals surface area contributed by atoms with Crippen molar-refractivity contribution in [3.8, 4) is 0 Å². The summed E-state index contributed by atoms with van der Waals surface area (Å²) in [5.41, 5.74) is 3.06. The van der Waals surface area contributed by atoms with E-state index in [4.69, 9.17) is 0 Å². The molecule has 0 aliphatic carbocycles. The van der Waals surface area contributed by atoms with Gasteiger partial charge in [0.1, 0.15) is 0 Å². The average Bonchev–Trinajstić information content (AvgIpc) is 3.00. The van der Waals surface area contributed by atoms with Gasteiger partial charge in [0.15, 0.2) is 0 Å². The quantitative estimate of drug-likeness (QED) is 0.894. The summed E-state index contributed by atoms with van der Waals surface area (Å²) in [6.07, 6.45) is 6.06. The molecular formula is C16H19N3O. The van der Waals surface area contributed by atoms with E-state index in [1.54, 1.807) is 0 Å². The Morgan fingerprint density at radius 1 is 1.25 bits per heavy atom. The zero-order valence-corrected chi connectivity index (χ0v) is 11.4. The van der Waals surface area contributed by atoms with Gasteiger partial charge in [0.05, 0.1) is 0 Å². The van der Waals surface area contributed by atoms with Crippen LogP contribution in [0.1, 0.15) is 22.3 Å². The van der Waals surface area contributed by atoms with Crippen LogP contribution in [0.4, 0.5) is 5.69 Å². The Morgan fingerprint density at radius 2 is 2.10 bits per heavy atom. The standard InChI is InChI=1S/C16H19N3O/c20-16(18-9-12-19-10-1-2-11-19)14-5-3-7-15-13(14)6-4-8-17-15/h1-3,5,7,10-11,17H,4,6,8-9,12H2,(H,18,20). The maximum atomic E-state index is 12.3. The summed E-state index contributed by atoms with van der Waals surface area (Å²) in [6.45, 7) is 2.43. The third-order valence-corrected chi connectivity index (χ3v) is 3.66. The lowest BCUT2D eigenvalue weighted by Crippen LogP contribution is -2.28.